The monoisotopic (exact) mass is 555 g/mol. The summed E-state index contributed by atoms with van der Waals surface area (Å²) in [6, 6.07) is 29.0. The third kappa shape index (κ3) is 5.30. The lowest BCUT2D eigenvalue weighted by molar-refractivity contribution is 0.0985. The number of anilines is 2. The summed E-state index contributed by atoms with van der Waals surface area (Å²) < 4.78 is 29.2. The zero-order valence-electron chi connectivity index (χ0n) is 22.0. The molecule has 0 aliphatic heterocycles. The Morgan fingerprint density at radius 1 is 0.846 bits per heavy atom. The Bertz CT molecular complexity index is 1720. The van der Waals surface area contributed by atoms with Gasteiger partial charge in [-0.15, -0.1) is 0 Å². The summed E-state index contributed by atoms with van der Waals surface area (Å²) in [6.45, 7) is 6.52. The quantitative estimate of drug-likeness (QED) is 0.207. The van der Waals surface area contributed by atoms with Crippen LogP contribution in [-0.2, 0) is 16.6 Å². The zero-order chi connectivity index (χ0) is 27.6. The lowest BCUT2D eigenvalue weighted by Crippen LogP contribution is -2.31. The molecule has 5 aromatic rings. The van der Waals surface area contributed by atoms with E-state index in [2.05, 4.69) is 6.07 Å². The average Bonchev–Trinajstić information content (AvgIpc) is 3.40. The lowest BCUT2D eigenvalue weighted by atomic mass is 10.1. The molecule has 0 N–H and O–H groups in total. The minimum absolute atomic E-state index is 0.130. The summed E-state index contributed by atoms with van der Waals surface area (Å²) in [5.74, 6) is -0.244. The highest BCUT2D eigenvalue weighted by molar-refractivity contribution is 7.92. The Kier molecular flexibility index (Phi) is 7.50. The summed E-state index contributed by atoms with van der Waals surface area (Å²) in [7, 11) is -3.80. The van der Waals surface area contributed by atoms with Crippen LogP contribution in [0.15, 0.2) is 102 Å². The molecule has 1 heterocycles. The minimum atomic E-state index is -3.80. The van der Waals surface area contributed by atoms with Crippen molar-refractivity contribution in [1.29, 1.82) is 0 Å². The van der Waals surface area contributed by atoms with E-state index in [9.17, 15) is 13.2 Å². The highest BCUT2D eigenvalue weighted by Crippen LogP contribution is 2.34. The van der Waals surface area contributed by atoms with Crippen molar-refractivity contribution in [3.63, 3.8) is 0 Å². The predicted molar refractivity (Wildman–Crippen MR) is 159 cm³/mol. The summed E-state index contributed by atoms with van der Waals surface area (Å²) in [5, 5.41) is 0.602. The van der Waals surface area contributed by atoms with Crippen molar-refractivity contribution in [3.05, 3.63) is 119 Å². The predicted octanol–water partition coefficient (Wildman–Crippen LogP) is 6.98. The SMILES string of the molecule is CCN(c1ccccc1)S(=O)(=O)c1ccc(C(=O)N(Cc2ccccc2)c2nc3c(C)c(C)ccc3s2)cc1. The van der Waals surface area contributed by atoms with E-state index in [1.165, 1.54) is 27.8 Å². The van der Waals surface area contributed by atoms with Crippen LogP contribution >= 0.6 is 11.3 Å². The average molecular weight is 556 g/mol. The fourth-order valence-electron chi connectivity index (χ4n) is 4.46. The van der Waals surface area contributed by atoms with Crippen LogP contribution in [0, 0.1) is 13.8 Å². The van der Waals surface area contributed by atoms with Gasteiger partial charge in [-0.05, 0) is 79.9 Å². The van der Waals surface area contributed by atoms with Crippen molar-refractivity contribution in [2.45, 2.75) is 32.2 Å². The molecule has 39 heavy (non-hydrogen) atoms. The number of amides is 1. The van der Waals surface area contributed by atoms with E-state index in [1.807, 2.05) is 56.3 Å². The molecule has 0 radical (unpaired) electrons. The van der Waals surface area contributed by atoms with Gasteiger partial charge in [0.25, 0.3) is 15.9 Å². The molecular formula is C31H29N3O3S2. The number of thiazole rings is 1. The second-order valence-corrected chi connectivity index (χ2v) is 12.1. The number of hydrogen-bond donors (Lipinski definition) is 0. The van der Waals surface area contributed by atoms with Crippen molar-refractivity contribution in [2.75, 3.05) is 15.7 Å². The molecule has 0 atom stereocenters. The topological polar surface area (TPSA) is 70.6 Å². The second kappa shape index (κ2) is 11.0. The van der Waals surface area contributed by atoms with Gasteiger partial charge in [0.1, 0.15) is 0 Å². The number of aromatic nitrogens is 1. The third-order valence-electron chi connectivity index (χ3n) is 6.75. The maximum absolute atomic E-state index is 13.9. The fraction of sp³-hybridized carbons (Fsp3) is 0.161. The van der Waals surface area contributed by atoms with Crippen LogP contribution in [0.2, 0.25) is 0 Å². The van der Waals surface area contributed by atoms with Crippen molar-refractivity contribution >= 4 is 48.3 Å². The molecule has 0 aliphatic rings. The Morgan fingerprint density at radius 2 is 1.49 bits per heavy atom. The van der Waals surface area contributed by atoms with Crippen LogP contribution in [0.25, 0.3) is 10.2 Å². The van der Waals surface area contributed by atoms with Crippen LogP contribution in [0.4, 0.5) is 10.8 Å². The molecule has 0 aliphatic carbocycles. The van der Waals surface area contributed by atoms with Crippen LogP contribution in [0.1, 0.15) is 34.0 Å². The molecule has 1 amide bonds. The van der Waals surface area contributed by atoms with E-state index in [1.54, 1.807) is 48.2 Å². The number of nitrogens with zero attached hydrogens (tertiary/aromatic N) is 3. The molecule has 1 aromatic heterocycles. The van der Waals surface area contributed by atoms with Crippen molar-refractivity contribution in [1.82, 2.24) is 4.98 Å². The van der Waals surface area contributed by atoms with E-state index in [4.69, 9.17) is 4.98 Å². The normalized spacial score (nSPS) is 11.5. The van der Waals surface area contributed by atoms with Crippen molar-refractivity contribution in [2.24, 2.45) is 0 Å². The van der Waals surface area contributed by atoms with Gasteiger partial charge in [0.2, 0.25) is 0 Å². The lowest BCUT2D eigenvalue weighted by Gasteiger charge is -2.23. The summed E-state index contributed by atoms with van der Waals surface area (Å²) in [4.78, 5) is 20.5. The third-order valence-corrected chi connectivity index (χ3v) is 9.71. The zero-order valence-corrected chi connectivity index (χ0v) is 23.7. The molecular weight excluding hydrogens is 526 g/mol. The molecule has 198 valence electrons. The van der Waals surface area contributed by atoms with Gasteiger partial charge in [-0.25, -0.2) is 13.4 Å². The Balaban J connectivity index is 1.50. The Labute approximate surface area is 233 Å². The maximum atomic E-state index is 13.9. The highest BCUT2D eigenvalue weighted by Gasteiger charge is 2.26. The molecule has 0 saturated carbocycles. The second-order valence-electron chi connectivity index (χ2n) is 9.26. The molecule has 0 fully saturated rings. The standard InChI is InChI=1S/C31H29N3O3S2/c1-4-34(26-13-9-6-10-14-26)39(36,37)27-18-16-25(17-19-27)30(35)33(21-24-11-7-5-8-12-24)31-32-29-23(3)22(2)15-20-28(29)38-31/h5-20H,4,21H2,1-3H3. The van der Waals surface area contributed by atoms with Crippen LogP contribution in [-0.4, -0.2) is 25.9 Å². The largest absolute Gasteiger partial charge is 0.279 e. The van der Waals surface area contributed by atoms with E-state index in [-0.39, 0.29) is 17.3 Å². The summed E-state index contributed by atoms with van der Waals surface area (Å²) in [6.07, 6.45) is 0. The maximum Gasteiger partial charge on any atom is 0.264 e. The van der Waals surface area contributed by atoms with Crippen molar-refractivity contribution in [3.8, 4) is 0 Å². The van der Waals surface area contributed by atoms with Gasteiger partial charge in [-0.2, -0.15) is 0 Å². The van der Waals surface area contributed by atoms with Crippen LogP contribution < -0.4 is 9.21 Å². The van der Waals surface area contributed by atoms with Gasteiger partial charge in [-0.3, -0.25) is 14.0 Å². The molecule has 0 spiro atoms. The van der Waals surface area contributed by atoms with Gasteiger partial charge < -0.3 is 0 Å². The first-order valence-corrected chi connectivity index (χ1v) is 15.0. The molecule has 5 rings (SSSR count). The molecule has 4 aromatic carbocycles. The first-order valence-electron chi connectivity index (χ1n) is 12.7. The van der Waals surface area contributed by atoms with E-state index >= 15 is 0 Å². The van der Waals surface area contributed by atoms with Gasteiger partial charge >= 0.3 is 0 Å². The molecule has 0 unspecified atom stereocenters. The number of sulfonamides is 1. The highest BCUT2D eigenvalue weighted by atomic mass is 32.2. The minimum Gasteiger partial charge on any atom is -0.279 e. The first kappa shape index (κ1) is 26.6. The first-order chi connectivity index (χ1) is 18.8. The smallest absolute Gasteiger partial charge is 0.264 e. The summed E-state index contributed by atoms with van der Waals surface area (Å²) >= 11 is 1.47. The van der Waals surface area contributed by atoms with Crippen molar-refractivity contribution < 1.29 is 13.2 Å². The number of rotatable bonds is 8. The number of hydrogen-bond acceptors (Lipinski definition) is 5. The fourth-order valence-corrected chi connectivity index (χ4v) is 6.96. The van der Waals surface area contributed by atoms with Gasteiger partial charge in [0, 0.05) is 12.1 Å². The number of fused-ring (bicyclic) bond motifs is 1. The molecule has 8 heteroatoms. The molecule has 6 nitrogen and oxygen atoms in total. The van der Waals surface area contributed by atoms with Gasteiger partial charge in [-0.1, -0.05) is 65.9 Å². The number of carbonyl (C=O) groups is 1. The van der Waals surface area contributed by atoms with Gasteiger partial charge in [0.15, 0.2) is 5.13 Å². The van der Waals surface area contributed by atoms with E-state index < -0.39 is 10.0 Å². The molecule has 0 bridgehead atoms. The Morgan fingerprint density at radius 3 is 2.13 bits per heavy atom. The Hall–Kier alpha value is -4.01. The number of carbonyl (C=O) groups excluding carboxylic acids is 1. The van der Waals surface area contributed by atoms with E-state index in [0.29, 0.717) is 22.9 Å². The van der Waals surface area contributed by atoms with Gasteiger partial charge in [0.05, 0.1) is 27.3 Å². The number of aryl methyl sites for hydroxylation is 2. The number of benzene rings is 4. The van der Waals surface area contributed by atoms with Crippen LogP contribution in [0.3, 0.4) is 0 Å². The molecule has 0 saturated heterocycles. The van der Waals surface area contributed by atoms with Crippen LogP contribution in [0.5, 0.6) is 0 Å². The summed E-state index contributed by atoms with van der Waals surface area (Å²) in [5.41, 5.74) is 5.08. The van der Waals surface area contributed by atoms with E-state index in [0.717, 1.165) is 26.9 Å². The number of para-hydroxylation sites is 1.